The van der Waals surface area contributed by atoms with Crippen molar-refractivity contribution < 1.29 is 17.9 Å². The molecule has 0 spiro atoms. The summed E-state index contributed by atoms with van der Waals surface area (Å²) in [7, 11) is -1.82. The average Bonchev–Trinajstić information content (AvgIpc) is 3.32. The number of carbonyl (C=O) groups excluding carboxylic acids is 1. The first kappa shape index (κ1) is 17.9. The molecule has 0 aliphatic carbocycles. The highest BCUT2D eigenvalue weighted by molar-refractivity contribution is 7.91. The van der Waals surface area contributed by atoms with E-state index in [-0.39, 0.29) is 5.91 Å². The Morgan fingerprint density at radius 2 is 1.84 bits per heavy atom. The second kappa shape index (κ2) is 7.55. The molecular formula is C17H20N2O4S2. The summed E-state index contributed by atoms with van der Waals surface area (Å²) in [6.07, 6.45) is 1.82. The molecule has 0 atom stereocenters. The molecule has 6 nitrogen and oxygen atoms in total. The fourth-order valence-electron chi connectivity index (χ4n) is 2.66. The summed E-state index contributed by atoms with van der Waals surface area (Å²) >= 11 is 1.21. The number of hydrogen-bond acceptors (Lipinski definition) is 5. The first-order valence-electron chi connectivity index (χ1n) is 8.02. The van der Waals surface area contributed by atoms with Crippen LogP contribution in [0, 0.1) is 0 Å². The zero-order valence-electron chi connectivity index (χ0n) is 13.9. The van der Waals surface area contributed by atoms with E-state index in [2.05, 4.69) is 5.32 Å². The second-order valence-electron chi connectivity index (χ2n) is 5.74. The van der Waals surface area contributed by atoms with E-state index in [4.69, 9.17) is 4.74 Å². The van der Waals surface area contributed by atoms with Gasteiger partial charge in [0.2, 0.25) is 0 Å². The predicted molar refractivity (Wildman–Crippen MR) is 96.5 cm³/mol. The van der Waals surface area contributed by atoms with Crippen molar-refractivity contribution in [2.24, 2.45) is 0 Å². The third-order valence-electron chi connectivity index (χ3n) is 4.07. The third-order valence-corrected chi connectivity index (χ3v) is 7.52. The minimum atomic E-state index is -3.39. The molecule has 0 unspecified atom stereocenters. The molecule has 1 amide bonds. The van der Waals surface area contributed by atoms with Gasteiger partial charge in [0.05, 0.1) is 13.7 Å². The molecule has 0 saturated carbocycles. The van der Waals surface area contributed by atoms with E-state index in [0.29, 0.717) is 35.2 Å². The van der Waals surface area contributed by atoms with Crippen LogP contribution in [0.5, 0.6) is 5.75 Å². The fraction of sp³-hybridized carbons (Fsp3) is 0.353. The topological polar surface area (TPSA) is 75.7 Å². The van der Waals surface area contributed by atoms with Crippen molar-refractivity contribution in [3.8, 4) is 5.75 Å². The number of benzene rings is 1. The van der Waals surface area contributed by atoms with E-state index in [9.17, 15) is 13.2 Å². The summed E-state index contributed by atoms with van der Waals surface area (Å²) in [6.45, 7) is 1.47. The van der Waals surface area contributed by atoms with Crippen molar-refractivity contribution in [2.75, 3.05) is 20.2 Å². The van der Waals surface area contributed by atoms with Crippen LogP contribution in [0.1, 0.15) is 28.1 Å². The van der Waals surface area contributed by atoms with Crippen LogP contribution < -0.4 is 10.1 Å². The molecule has 1 saturated heterocycles. The van der Waals surface area contributed by atoms with Crippen LogP contribution >= 0.6 is 11.3 Å². The van der Waals surface area contributed by atoms with Gasteiger partial charge in [0.25, 0.3) is 15.9 Å². The Bertz CT molecular complexity index is 838. The van der Waals surface area contributed by atoms with Crippen molar-refractivity contribution in [2.45, 2.75) is 23.6 Å². The smallest absolute Gasteiger partial charge is 0.252 e. The Hall–Kier alpha value is -1.90. The van der Waals surface area contributed by atoms with Crippen molar-refractivity contribution in [3.05, 3.63) is 46.8 Å². The molecule has 1 aromatic heterocycles. The molecule has 0 bridgehead atoms. The number of methoxy groups -OCH3 is 1. The van der Waals surface area contributed by atoms with Gasteiger partial charge in [0.1, 0.15) is 9.96 Å². The summed E-state index contributed by atoms with van der Waals surface area (Å²) in [5.41, 5.74) is 0.530. The summed E-state index contributed by atoms with van der Waals surface area (Å²) in [4.78, 5) is 13.0. The van der Waals surface area contributed by atoms with E-state index in [1.165, 1.54) is 15.6 Å². The Kier molecular flexibility index (Phi) is 5.41. The molecule has 2 aromatic rings. The standard InChI is InChI=1S/C17H20N2O4S2/c1-23-14-6-4-13(5-7-14)17(20)18-12-15-8-9-16(24-15)25(21,22)19-10-2-3-11-19/h4-9H,2-3,10-12H2,1H3,(H,18,20). The van der Waals surface area contributed by atoms with Crippen LogP contribution in [0.3, 0.4) is 0 Å². The maximum Gasteiger partial charge on any atom is 0.252 e. The number of ether oxygens (including phenoxy) is 1. The average molecular weight is 380 g/mol. The minimum Gasteiger partial charge on any atom is -0.497 e. The quantitative estimate of drug-likeness (QED) is 0.835. The molecular weight excluding hydrogens is 360 g/mol. The van der Waals surface area contributed by atoms with E-state index >= 15 is 0 Å². The fourth-order valence-corrected chi connectivity index (χ4v) is 5.63. The number of sulfonamides is 1. The number of nitrogens with zero attached hydrogens (tertiary/aromatic N) is 1. The van der Waals surface area contributed by atoms with Crippen LogP contribution in [0.2, 0.25) is 0 Å². The number of carbonyl (C=O) groups is 1. The highest BCUT2D eigenvalue weighted by Gasteiger charge is 2.28. The number of amides is 1. The normalized spacial score (nSPS) is 15.2. The molecule has 25 heavy (non-hydrogen) atoms. The zero-order chi connectivity index (χ0) is 17.9. The molecule has 3 rings (SSSR count). The Balaban J connectivity index is 1.62. The molecule has 134 valence electrons. The highest BCUT2D eigenvalue weighted by atomic mass is 32.2. The Morgan fingerprint density at radius 1 is 1.16 bits per heavy atom. The zero-order valence-corrected chi connectivity index (χ0v) is 15.5. The monoisotopic (exact) mass is 380 g/mol. The van der Waals surface area contributed by atoms with Gasteiger partial charge in [-0.15, -0.1) is 11.3 Å². The van der Waals surface area contributed by atoms with Crippen molar-refractivity contribution in [3.63, 3.8) is 0 Å². The van der Waals surface area contributed by atoms with Gasteiger partial charge in [-0.05, 0) is 49.2 Å². The van der Waals surface area contributed by atoms with Gasteiger partial charge in [-0.3, -0.25) is 4.79 Å². The van der Waals surface area contributed by atoms with Gasteiger partial charge in [-0.25, -0.2) is 8.42 Å². The maximum absolute atomic E-state index is 12.5. The molecule has 0 radical (unpaired) electrons. The Labute approximate surface area is 151 Å². The van der Waals surface area contributed by atoms with Crippen LogP contribution in [-0.4, -0.2) is 38.8 Å². The lowest BCUT2D eigenvalue weighted by Crippen LogP contribution is -2.27. The lowest BCUT2D eigenvalue weighted by molar-refractivity contribution is 0.0951. The van der Waals surface area contributed by atoms with Gasteiger partial charge in [-0.1, -0.05) is 0 Å². The van der Waals surface area contributed by atoms with E-state index in [1.807, 2.05) is 0 Å². The number of thiophene rings is 1. The second-order valence-corrected chi connectivity index (χ2v) is 9.08. The van der Waals surface area contributed by atoms with Gasteiger partial charge in [0, 0.05) is 23.5 Å². The molecule has 8 heteroatoms. The first-order valence-corrected chi connectivity index (χ1v) is 10.3. The lowest BCUT2D eigenvalue weighted by Gasteiger charge is -2.13. The summed E-state index contributed by atoms with van der Waals surface area (Å²) in [5.74, 6) is 0.478. The summed E-state index contributed by atoms with van der Waals surface area (Å²) in [5, 5.41) is 2.81. The van der Waals surface area contributed by atoms with Crippen molar-refractivity contribution in [1.82, 2.24) is 9.62 Å². The van der Waals surface area contributed by atoms with Gasteiger partial charge < -0.3 is 10.1 Å². The van der Waals surface area contributed by atoms with Crippen LogP contribution in [-0.2, 0) is 16.6 Å². The summed E-state index contributed by atoms with van der Waals surface area (Å²) in [6, 6.07) is 10.2. The van der Waals surface area contributed by atoms with E-state index in [1.54, 1.807) is 43.5 Å². The minimum absolute atomic E-state index is 0.208. The van der Waals surface area contributed by atoms with E-state index < -0.39 is 10.0 Å². The molecule has 2 heterocycles. The van der Waals surface area contributed by atoms with Crippen molar-refractivity contribution in [1.29, 1.82) is 0 Å². The maximum atomic E-state index is 12.5. The van der Waals surface area contributed by atoms with Crippen molar-refractivity contribution >= 4 is 27.3 Å². The van der Waals surface area contributed by atoms with Gasteiger partial charge >= 0.3 is 0 Å². The van der Waals surface area contributed by atoms with Crippen LogP contribution in [0.4, 0.5) is 0 Å². The lowest BCUT2D eigenvalue weighted by atomic mass is 10.2. The third kappa shape index (κ3) is 4.02. The van der Waals surface area contributed by atoms with Gasteiger partial charge in [0.15, 0.2) is 0 Å². The largest absolute Gasteiger partial charge is 0.497 e. The molecule has 1 aliphatic rings. The molecule has 1 aliphatic heterocycles. The van der Waals surface area contributed by atoms with Gasteiger partial charge in [-0.2, -0.15) is 4.31 Å². The number of rotatable bonds is 6. The first-order chi connectivity index (χ1) is 12.0. The molecule has 1 aromatic carbocycles. The Morgan fingerprint density at radius 3 is 2.48 bits per heavy atom. The number of hydrogen-bond donors (Lipinski definition) is 1. The van der Waals surface area contributed by atoms with Crippen LogP contribution in [0.25, 0.3) is 0 Å². The SMILES string of the molecule is COc1ccc(C(=O)NCc2ccc(S(=O)(=O)N3CCCC3)s2)cc1. The molecule has 1 N–H and O–H groups in total. The van der Waals surface area contributed by atoms with E-state index in [0.717, 1.165) is 17.7 Å². The molecule has 1 fully saturated rings. The predicted octanol–water partition coefficient (Wildman–Crippen LogP) is 2.47. The number of nitrogens with one attached hydrogen (secondary N) is 1. The summed E-state index contributed by atoms with van der Waals surface area (Å²) < 4.78 is 31.9. The van der Waals surface area contributed by atoms with Crippen LogP contribution in [0.15, 0.2) is 40.6 Å². The highest BCUT2D eigenvalue weighted by Crippen LogP contribution is 2.27.